The van der Waals surface area contributed by atoms with Gasteiger partial charge in [0, 0.05) is 5.41 Å². The van der Waals surface area contributed by atoms with E-state index in [9.17, 15) is 14.8 Å². The van der Waals surface area contributed by atoms with Gasteiger partial charge >= 0.3 is 5.97 Å². The van der Waals surface area contributed by atoms with Gasteiger partial charge in [0.2, 0.25) is 0 Å². The summed E-state index contributed by atoms with van der Waals surface area (Å²) in [5, 5.41) is 19.3. The molecule has 0 amide bonds. The second-order valence-electron chi connectivity index (χ2n) is 7.59. The van der Waals surface area contributed by atoms with Gasteiger partial charge in [0.15, 0.2) is 0 Å². The molecular weight excluding hydrogens is 310 g/mol. The lowest BCUT2D eigenvalue weighted by Crippen LogP contribution is -2.34. The zero-order valence-electron chi connectivity index (χ0n) is 14.1. The molecule has 2 bridgehead atoms. The number of ketones is 1. The average Bonchev–Trinajstić information content (AvgIpc) is 2.85. The summed E-state index contributed by atoms with van der Waals surface area (Å²) in [5.74, 6) is -0.324. The molecule has 24 heavy (non-hydrogen) atoms. The number of carbonyl (C=O) groups is 2. The summed E-state index contributed by atoms with van der Waals surface area (Å²) in [4.78, 5) is 24.9. The molecule has 0 spiro atoms. The van der Waals surface area contributed by atoms with Crippen LogP contribution in [0.3, 0.4) is 0 Å². The zero-order valence-corrected chi connectivity index (χ0v) is 14.1. The minimum Gasteiger partial charge on any atom is -0.733 e. The number of hydrogen-bond acceptors (Lipinski definition) is 6. The Morgan fingerprint density at radius 3 is 2.46 bits per heavy atom. The Bertz CT molecular complexity index is 666. The topological polar surface area (TPSA) is 89.9 Å². The van der Waals surface area contributed by atoms with E-state index in [0.717, 1.165) is 12.8 Å². The summed E-state index contributed by atoms with van der Waals surface area (Å²) in [6.07, 6.45) is 1.89. The summed E-state index contributed by atoms with van der Waals surface area (Å²) in [6.45, 7) is 6.38. The van der Waals surface area contributed by atoms with Crippen molar-refractivity contribution < 1.29 is 19.5 Å². The highest BCUT2D eigenvalue weighted by atomic mass is 16.8. The fraction of sp³-hybridized carbons (Fsp3) is 0.556. The van der Waals surface area contributed by atoms with Crippen molar-refractivity contribution in [3.8, 4) is 0 Å². The van der Waals surface area contributed by atoms with Gasteiger partial charge in [-0.3, -0.25) is 10.0 Å². The van der Waals surface area contributed by atoms with Crippen molar-refractivity contribution in [2.45, 2.75) is 33.6 Å². The van der Waals surface area contributed by atoms with Gasteiger partial charge in [-0.05, 0) is 48.4 Å². The van der Waals surface area contributed by atoms with Crippen molar-refractivity contribution >= 4 is 17.4 Å². The Morgan fingerprint density at radius 1 is 1.33 bits per heavy atom. The average molecular weight is 332 g/mol. The van der Waals surface area contributed by atoms with Crippen molar-refractivity contribution in [3.05, 3.63) is 35.0 Å². The van der Waals surface area contributed by atoms with E-state index in [2.05, 4.69) is 13.8 Å². The smallest absolute Gasteiger partial charge is 0.338 e. The minimum absolute atomic E-state index is 0.0319. The quantitative estimate of drug-likeness (QED) is 0.673. The van der Waals surface area contributed by atoms with E-state index in [1.54, 1.807) is 0 Å². The molecule has 0 aromatic heterocycles. The van der Waals surface area contributed by atoms with E-state index < -0.39 is 5.97 Å². The zero-order chi connectivity index (χ0) is 17.7. The van der Waals surface area contributed by atoms with Gasteiger partial charge in [-0.2, -0.15) is 0 Å². The lowest BCUT2D eigenvalue weighted by Gasteiger charge is -2.32. The molecule has 130 valence electrons. The normalized spacial score (nSPS) is 30.5. The molecule has 2 aliphatic rings. The molecule has 1 aromatic rings. The van der Waals surface area contributed by atoms with Crippen molar-refractivity contribution in [2.24, 2.45) is 22.7 Å². The standard InChI is InChI=1S/C18H22NO5/c1-17(2)14-8-9-18(17,3)15(20)13(14)10-24-16(21)11-4-6-12(7-5-11)19(22)23/h4-7,13-14,22H,8-10H2,1-3H3/q-1/t13-,14-,18+/m1/s1. The molecule has 2 fully saturated rings. The Balaban J connectivity index is 1.66. The third-order valence-corrected chi connectivity index (χ3v) is 6.39. The van der Waals surface area contributed by atoms with Crippen LogP contribution in [0, 0.1) is 27.9 Å². The minimum atomic E-state index is -0.532. The van der Waals surface area contributed by atoms with E-state index in [0.29, 0.717) is 0 Å². The molecule has 0 unspecified atom stereocenters. The van der Waals surface area contributed by atoms with Crippen LogP contribution in [0.5, 0.6) is 0 Å². The van der Waals surface area contributed by atoms with Gasteiger partial charge < -0.3 is 15.2 Å². The van der Waals surface area contributed by atoms with Crippen LogP contribution in [0.25, 0.3) is 0 Å². The fourth-order valence-corrected chi connectivity index (χ4v) is 4.44. The molecule has 3 rings (SSSR count). The number of Topliss-reactive ketones (excluding diaryl/α,β-unsaturated/α-hetero) is 1. The van der Waals surface area contributed by atoms with E-state index >= 15 is 0 Å². The number of rotatable bonds is 4. The highest BCUT2D eigenvalue weighted by molar-refractivity contribution is 5.93. The molecule has 2 saturated carbocycles. The third-order valence-electron chi connectivity index (χ3n) is 6.39. The van der Waals surface area contributed by atoms with Crippen LogP contribution in [0.15, 0.2) is 24.3 Å². The molecule has 2 aliphatic carbocycles. The second-order valence-corrected chi connectivity index (χ2v) is 7.59. The van der Waals surface area contributed by atoms with Crippen LogP contribution in [-0.2, 0) is 9.53 Å². The SMILES string of the molecule is CC1(C)[C@@H]2CC[C@@]1(C)C(=O)[C@@H]2COC(=O)c1ccc(N([O-])O)cc1. The first-order chi connectivity index (χ1) is 11.2. The highest BCUT2D eigenvalue weighted by Crippen LogP contribution is 2.65. The van der Waals surface area contributed by atoms with Crippen LogP contribution >= 0.6 is 0 Å². The number of benzene rings is 1. The lowest BCUT2D eigenvalue weighted by atomic mass is 9.70. The summed E-state index contributed by atoms with van der Waals surface area (Å²) in [6, 6.07) is 5.48. The number of ether oxygens (including phenoxy) is 1. The van der Waals surface area contributed by atoms with Crippen molar-refractivity contribution in [3.63, 3.8) is 0 Å². The summed E-state index contributed by atoms with van der Waals surface area (Å²) < 4.78 is 5.36. The lowest BCUT2D eigenvalue weighted by molar-refractivity contribution is -0.132. The molecule has 6 nitrogen and oxygen atoms in total. The van der Waals surface area contributed by atoms with E-state index in [1.165, 1.54) is 24.3 Å². The van der Waals surface area contributed by atoms with Gasteiger partial charge in [-0.1, -0.05) is 20.8 Å². The summed E-state index contributed by atoms with van der Waals surface area (Å²) in [5.41, 5.74) is -0.0810. The third kappa shape index (κ3) is 2.32. The van der Waals surface area contributed by atoms with E-state index in [-0.39, 0.29) is 51.5 Å². The molecule has 1 N–H and O–H groups in total. The van der Waals surface area contributed by atoms with E-state index in [4.69, 9.17) is 9.94 Å². The van der Waals surface area contributed by atoms with Crippen LogP contribution in [0.2, 0.25) is 0 Å². The molecule has 0 aliphatic heterocycles. The molecule has 0 saturated heterocycles. The second kappa shape index (κ2) is 5.57. The maximum Gasteiger partial charge on any atom is 0.338 e. The molecule has 3 atom stereocenters. The Morgan fingerprint density at radius 2 is 1.96 bits per heavy atom. The number of carbonyl (C=O) groups excluding carboxylic acids is 2. The number of fused-ring (bicyclic) bond motifs is 2. The van der Waals surface area contributed by atoms with Crippen LogP contribution in [-0.4, -0.2) is 23.6 Å². The number of hydrogen-bond donors (Lipinski definition) is 1. The first kappa shape index (κ1) is 16.9. The van der Waals surface area contributed by atoms with Crippen LogP contribution in [0.4, 0.5) is 5.69 Å². The highest BCUT2D eigenvalue weighted by Gasteiger charge is 2.66. The predicted molar refractivity (Wildman–Crippen MR) is 87.5 cm³/mol. The number of anilines is 1. The monoisotopic (exact) mass is 332 g/mol. The first-order valence-corrected chi connectivity index (χ1v) is 8.16. The molecule has 0 heterocycles. The molecule has 1 aromatic carbocycles. The maximum absolute atomic E-state index is 12.7. The van der Waals surface area contributed by atoms with Gasteiger partial charge in [0.25, 0.3) is 0 Å². The Kier molecular flexibility index (Phi) is 3.92. The van der Waals surface area contributed by atoms with Gasteiger partial charge in [-0.25, -0.2) is 4.79 Å². The van der Waals surface area contributed by atoms with Gasteiger partial charge in [0.05, 0.1) is 17.2 Å². The molecular formula is C18H22NO5-. The van der Waals surface area contributed by atoms with Crippen LogP contribution < -0.4 is 5.23 Å². The van der Waals surface area contributed by atoms with E-state index in [1.807, 2.05) is 6.92 Å². The Labute approximate surface area is 140 Å². The Hall–Kier alpha value is -1.92. The largest absolute Gasteiger partial charge is 0.733 e. The molecule has 0 radical (unpaired) electrons. The van der Waals surface area contributed by atoms with Gasteiger partial charge in [-0.15, -0.1) is 0 Å². The number of esters is 1. The fourth-order valence-electron chi connectivity index (χ4n) is 4.44. The molecule has 6 heteroatoms. The summed E-state index contributed by atoms with van der Waals surface area (Å²) in [7, 11) is 0. The maximum atomic E-state index is 12.7. The predicted octanol–water partition coefficient (Wildman–Crippen LogP) is 3.18. The van der Waals surface area contributed by atoms with Crippen molar-refractivity contribution in [1.29, 1.82) is 0 Å². The van der Waals surface area contributed by atoms with Crippen molar-refractivity contribution in [1.82, 2.24) is 0 Å². The summed E-state index contributed by atoms with van der Waals surface area (Å²) >= 11 is 0. The number of nitrogens with zero attached hydrogens (tertiary/aromatic N) is 1. The van der Waals surface area contributed by atoms with Crippen LogP contribution in [0.1, 0.15) is 44.0 Å². The first-order valence-electron chi connectivity index (χ1n) is 8.16. The van der Waals surface area contributed by atoms with Gasteiger partial charge in [0.1, 0.15) is 12.4 Å². The van der Waals surface area contributed by atoms with Crippen molar-refractivity contribution in [2.75, 3.05) is 11.8 Å².